The molecule has 0 saturated carbocycles. The summed E-state index contributed by atoms with van der Waals surface area (Å²) in [6.45, 7) is 0.937. The van der Waals surface area contributed by atoms with Gasteiger partial charge in [-0.05, 0) is 30.2 Å². The van der Waals surface area contributed by atoms with Crippen molar-refractivity contribution in [3.05, 3.63) is 41.8 Å². The highest BCUT2D eigenvalue weighted by atomic mass is 16.5. The lowest BCUT2D eigenvalue weighted by atomic mass is 10.1. The van der Waals surface area contributed by atoms with Crippen LogP contribution in [0.25, 0.3) is 0 Å². The number of hydrogen-bond acceptors (Lipinski definition) is 4. The molecule has 2 aromatic rings. The minimum absolute atomic E-state index is 0.150. The molecule has 1 amide bonds. The number of aromatic nitrogens is 1. The SMILES string of the molecule is O=C(Nc1cnoc1)c1ccc2c(c1)CCN2. The summed E-state index contributed by atoms with van der Waals surface area (Å²) in [7, 11) is 0. The molecule has 0 bridgehead atoms. The molecule has 5 nitrogen and oxygen atoms in total. The summed E-state index contributed by atoms with van der Waals surface area (Å²) in [5.41, 5.74) is 3.51. The highest BCUT2D eigenvalue weighted by molar-refractivity contribution is 6.04. The first-order chi connectivity index (χ1) is 8.33. The topological polar surface area (TPSA) is 67.2 Å². The second kappa shape index (κ2) is 3.93. The molecular formula is C12H11N3O2. The van der Waals surface area contributed by atoms with Crippen molar-refractivity contribution in [2.24, 2.45) is 0 Å². The van der Waals surface area contributed by atoms with Crippen LogP contribution in [0, 0.1) is 0 Å². The summed E-state index contributed by atoms with van der Waals surface area (Å²) >= 11 is 0. The predicted octanol–water partition coefficient (Wildman–Crippen LogP) is 1.89. The molecular weight excluding hydrogens is 218 g/mol. The number of amides is 1. The monoisotopic (exact) mass is 229 g/mol. The van der Waals surface area contributed by atoms with Crippen molar-refractivity contribution in [1.82, 2.24) is 5.16 Å². The first-order valence-electron chi connectivity index (χ1n) is 5.40. The van der Waals surface area contributed by atoms with Crippen LogP contribution in [0.4, 0.5) is 11.4 Å². The molecule has 5 heteroatoms. The van der Waals surface area contributed by atoms with Gasteiger partial charge < -0.3 is 15.2 Å². The van der Waals surface area contributed by atoms with Crippen LogP contribution in [-0.4, -0.2) is 17.6 Å². The van der Waals surface area contributed by atoms with Crippen LogP contribution in [-0.2, 0) is 6.42 Å². The average molecular weight is 229 g/mol. The number of benzene rings is 1. The van der Waals surface area contributed by atoms with Gasteiger partial charge in [0.15, 0.2) is 0 Å². The van der Waals surface area contributed by atoms with Crippen LogP contribution in [0.1, 0.15) is 15.9 Å². The molecule has 0 aliphatic carbocycles. The van der Waals surface area contributed by atoms with E-state index in [2.05, 4.69) is 20.3 Å². The Morgan fingerprint density at radius 1 is 1.47 bits per heavy atom. The van der Waals surface area contributed by atoms with Crippen molar-refractivity contribution >= 4 is 17.3 Å². The number of fused-ring (bicyclic) bond motifs is 1. The smallest absolute Gasteiger partial charge is 0.255 e. The van der Waals surface area contributed by atoms with Crippen LogP contribution in [0.2, 0.25) is 0 Å². The van der Waals surface area contributed by atoms with Gasteiger partial charge in [-0.3, -0.25) is 4.79 Å². The van der Waals surface area contributed by atoms with Gasteiger partial charge >= 0.3 is 0 Å². The molecule has 0 saturated heterocycles. The summed E-state index contributed by atoms with van der Waals surface area (Å²) in [5.74, 6) is -0.150. The molecule has 0 unspecified atom stereocenters. The quantitative estimate of drug-likeness (QED) is 0.825. The van der Waals surface area contributed by atoms with Crippen molar-refractivity contribution in [3.63, 3.8) is 0 Å². The van der Waals surface area contributed by atoms with Gasteiger partial charge in [-0.25, -0.2) is 0 Å². The van der Waals surface area contributed by atoms with Crippen molar-refractivity contribution in [2.45, 2.75) is 6.42 Å². The van der Waals surface area contributed by atoms with Gasteiger partial charge in [-0.2, -0.15) is 0 Å². The minimum atomic E-state index is -0.150. The van der Waals surface area contributed by atoms with E-state index in [0.717, 1.165) is 18.7 Å². The van der Waals surface area contributed by atoms with Crippen LogP contribution in [0.15, 0.2) is 35.2 Å². The van der Waals surface area contributed by atoms with Crippen LogP contribution >= 0.6 is 0 Å². The van der Waals surface area contributed by atoms with Crippen molar-refractivity contribution in [2.75, 3.05) is 17.2 Å². The highest BCUT2D eigenvalue weighted by Crippen LogP contribution is 2.23. The summed E-state index contributed by atoms with van der Waals surface area (Å²) < 4.78 is 4.65. The summed E-state index contributed by atoms with van der Waals surface area (Å²) in [6, 6.07) is 5.66. The predicted molar refractivity (Wildman–Crippen MR) is 63.1 cm³/mol. The summed E-state index contributed by atoms with van der Waals surface area (Å²) in [5, 5.41) is 9.50. The Morgan fingerprint density at radius 3 is 3.24 bits per heavy atom. The Hall–Kier alpha value is -2.30. The van der Waals surface area contributed by atoms with Crippen molar-refractivity contribution < 1.29 is 9.32 Å². The lowest BCUT2D eigenvalue weighted by Gasteiger charge is -2.04. The number of carbonyl (C=O) groups excluding carboxylic acids is 1. The standard InChI is InChI=1S/C12H11N3O2/c16-12(15-10-6-14-17-7-10)9-1-2-11-8(5-9)3-4-13-11/h1-2,5-7,13H,3-4H2,(H,15,16). The van der Waals surface area contributed by atoms with E-state index in [0.29, 0.717) is 11.3 Å². The number of rotatable bonds is 2. The van der Waals surface area contributed by atoms with Gasteiger partial charge in [0.25, 0.3) is 5.91 Å². The Bertz CT molecular complexity index is 549. The molecule has 1 aromatic heterocycles. The number of hydrogen-bond donors (Lipinski definition) is 2. The van der Waals surface area contributed by atoms with E-state index >= 15 is 0 Å². The van der Waals surface area contributed by atoms with Crippen LogP contribution in [0.5, 0.6) is 0 Å². The Balaban J connectivity index is 1.82. The van der Waals surface area contributed by atoms with Crippen molar-refractivity contribution in [1.29, 1.82) is 0 Å². The van der Waals surface area contributed by atoms with Gasteiger partial charge in [0.1, 0.15) is 12.0 Å². The van der Waals surface area contributed by atoms with E-state index in [1.807, 2.05) is 12.1 Å². The fourth-order valence-electron chi connectivity index (χ4n) is 1.92. The number of carbonyl (C=O) groups is 1. The molecule has 1 aliphatic heterocycles. The molecule has 0 fully saturated rings. The summed E-state index contributed by atoms with van der Waals surface area (Å²) in [6.07, 6.45) is 3.82. The second-order valence-corrected chi connectivity index (χ2v) is 3.92. The Kier molecular flexibility index (Phi) is 2.29. The Labute approximate surface area is 97.8 Å². The second-order valence-electron chi connectivity index (χ2n) is 3.92. The van der Waals surface area contributed by atoms with Gasteiger partial charge in [-0.1, -0.05) is 5.16 Å². The fourth-order valence-corrected chi connectivity index (χ4v) is 1.92. The molecule has 1 aliphatic rings. The van der Waals surface area contributed by atoms with Gasteiger partial charge in [-0.15, -0.1) is 0 Å². The number of nitrogens with one attached hydrogen (secondary N) is 2. The summed E-state index contributed by atoms with van der Waals surface area (Å²) in [4.78, 5) is 11.9. The zero-order valence-corrected chi connectivity index (χ0v) is 9.06. The first-order valence-corrected chi connectivity index (χ1v) is 5.40. The van der Waals surface area contributed by atoms with E-state index < -0.39 is 0 Å². The lowest BCUT2D eigenvalue weighted by molar-refractivity contribution is 0.102. The van der Waals surface area contributed by atoms with Crippen LogP contribution < -0.4 is 10.6 Å². The lowest BCUT2D eigenvalue weighted by Crippen LogP contribution is -2.11. The molecule has 3 rings (SSSR count). The molecule has 0 atom stereocenters. The van der Waals surface area contributed by atoms with Crippen molar-refractivity contribution in [3.8, 4) is 0 Å². The first kappa shape index (κ1) is 9.89. The molecule has 0 radical (unpaired) electrons. The third-order valence-electron chi connectivity index (χ3n) is 2.77. The maximum absolute atomic E-state index is 11.9. The fraction of sp³-hybridized carbons (Fsp3) is 0.167. The van der Waals surface area contributed by atoms with Gasteiger partial charge in [0.2, 0.25) is 0 Å². The van der Waals surface area contributed by atoms with Crippen LogP contribution in [0.3, 0.4) is 0 Å². The van der Waals surface area contributed by atoms with E-state index in [9.17, 15) is 4.79 Å². The largest absolute Gasteiger partial charge is 0.384 e. The minimum Gasteiger partial charge on any atom is -0.384 e. The molecule has 2 heterocycles. The average Bonchev–Trinajstić information content (AvgIpc) is 2.97. The molecule has 86 valence electrons. The van der Waals surface area contributed by atoms with E-state index in [1.165, 1.54) is 18.0 Å². The molecule has 2 N–H and O–H groups in total. The van der Waals surface area contributed by atoms with E-state index in [4.69, 9.17) is 0 Å². The molecule has 1 aromatic carbocycles. The number of nitrogens with zero attached hydrogens (tertiary/aromatic N) is 1. The maximum atomic E-state index is 11.9. The normalized spacial score (nSPS) is 12.9. The highest BCUT2D eigenvalue weighted by Gasteiger charge is 2.13. The van der Waals surface area contributed by atoms with E-state index in [-0.39, 0.29) is 5.91 Å². The molecule has 17 heavy (non-hydrogen) atoms. The van der Waals surface area contributed by atoms with E-state index in [1.54, 1.807) is 6.07 Å². The molecule has 0 spiro atoms. The van der Waals surface area contributed by atoms with Gasteiger partial charge in [0, 0.05) is 17.8 Å². The Morgan fingerprint density at radius 2 is 2.41 bits per heavy atom. The van der Waals surface area contributed by atoms with Gasteiger partial charge in [0.05, 0.1) is 6.20 Å². The number of anilines is 2. The maximum Gasteiger partial charge on any atom is 0.255 e. The zero-order chi connectivity index (χ0) is 11.7. The zero-order valence-electron chi connectivity index (χ0n) is 9.06. The third kappa shape index (κ3) is 1.87. The third-order valence-corrected chi connectivity index (χ3v) is 2.77.